The first-order valence-electron chi connectivity index (χ1n) is 10.0. The van der Waals surface area contributed by atoms with Gasteiger partial charge in [0.15, 0.2) is 5.82 Å². The van der Waals surface area contributed by atoms with Crippen LogP contribution >= 0.6 is 0 Å². The minimum Gasteiger partial charge on any atom is -0.305 e. The Morgan fingerprint density at radius 1 is 1.07 bits per heavy atom. The van der Waals surface area contributed by atoms with Gasteiger partial charge in [0.1, 0.15) is 11.5 Å². The molecule has 1 aromatic carbocycles. The van der Waals surface area contributed by atoms with Crippen LogP contribution in [0.4, 0.5) is 0 Å². The Hall–Kier alpha value is -3.58. The molecule has 0 spiro atoms. The molecule has 1 N–H and O–H groups in total. The number of H-pyrrole nitrogens is 1. The molecule has 0 unspecified atom stereocenters. The number of hydrogen-bond acceptors (Lipinski definition) is 5. The molecule has 0 saturated carbocycles. The first kappa shape index (κ1) is 18.4. The summed E-state index contributed by atoms with van der Waals surface area (Å²) in [6.07, 6.45) is 6.18. The largest absolute Gasteiger partial charge is 0.305 e. The maximum Gasteiger partial charge on any atom is 0.254 e. The van der Waals surface area contributed by atoms with E-state index in [2.05, 4.69) is 48.7 Å². The molecule has 0 saturated heterocycles. The van der Waals surface area contributed by atoms with E-state index in [4.69, 9.17) is 4.98 Å². The SMILES string of the molecule is Cc1nccn1-c1ccc(CN2CCc3c(nc(-c4ccccn4)[nH]c3=O)C2)cc1. The lowest BCUT2D eigenvalue weighted by atomic mass is 10.1. The van der Waals surface area contributed by atoms with Gasteiger partial charge in [-0.05, 0) is 43.2 Å². The zero-order chi connectivity index (χ0) is 20.5. The highest BCUT2D eigenvalue weighted by atomic mass is 16.1. The van der Waals surface area contributed by atoms with Crippen molar-refractivity contribution in [2.45, 2.75) is 26.4 Å². The number of rotatable bonds is 4. The summed E-state index contributed by atoms with van der Waals surface area (Å²) in [7, 11) is 0. The van der Waals surface area contributed by atoms with Crippen LogP contribution < -0.4 is 5.56 Å². The van der Waals surface area contributed by atoms with E-state index in [1.54, 1.807) is 6.20 Å². The summed E-state index contributed by atoms with van der Waals surface area (Å²) in [4.78, 5) is 31.1. The Balaban J connectivity index is 1.35. The van der Waals surface area contributed by atoms with E-state index in [-0.39, 0.29) is 5.56 Å². The van der Waals surface area contributed by atoms with Crippen molar-refractivity contribution >= 4 is 0 Å². The van der Waals surface area contributed by atoms with E-state index < -0.39 is 0 Å². The zero-order valence-corrected chi connectivity index (χ0v) is 16.7. The number of fused-ring (bicyclic) bond motifs is 1. The third-order valence-electron chi connectivity index (χ3n) is 5.51. The lowest BCUT2D eigenvalue weighted by molar-refractivity contribution is 0.240. The highest BCUT2D eigenvalue weighted by Gasteiger charge is 2.21. The van der Waals surface area contributed by atoms with Crippen LogP contribution in [0.3, 0.4) is 0 Å². The fourth-order valence-corrected chi connectivity index (χ4v) is 3.92. The molecule has 0 atom stereocenters. The van der Waals surface area contributed by atoms with Gasteiger partial charge in [0.05, 0.1) is 5.69 Å². The number of hydrogen-bond donors (Lipinski definition) is 1. The van der Waals surface area contributed by atoms with Gasteiger partial charge in [0, 0.05) is 49.5 Å². The summed E-state index contributed by atoms with van der Waals surface area (Å²) < 4.78 is 2.07. The van der Waals surface area contributed by atoms with Crippen LogP contribution in [0.2, 0.25) is 0 Å². The van der Waals surface area contributed by atoms with Crippen LogP contribution in [0.1, 0.15) is 22.6 Å². The first-order chi connectivity index (χ1) is 14.7. The number of aryl methyl sites for hydroxylation is 1. The minimum absolute atomic E-state index is 0.0552. The van der Waals surface area contributed by atoms with Gasteiger partial charge in [-0.25, -0.2) is 9.97 Å². The maximum atomic E-state index is 12.6. The third-order valence-corrected chi connectivity index (χ3v) is 5.51. The second-order valence-electron chi connectivity index (χ2n) is 7.53. The molecule has 0 radical (unpaired) electrons. The van der Waals surface area contributed by atoms with E-state index in [1.807, 2.05) is 37.5 Å². The van der Waals surface area contributed by atoms with Crippen LogP contribution in [0.25, 0.3) is 17.2 Å². The van der Waals surface area contributed by atoms with E-state index in [1.165, 1.54) is 5.56 Å². The topological polar surface area (TPSA) is 79.7 Å². The molecule has 150 valence electrons. The van der Waals surface area contributed by atoms with E-state index in [9.17, 15) is 4.79 Å². The summed E-state index contributed by atoms with van der Waals surface area (Å²) >= 11 is 0. The average Bonchev–Trinajstić information content (AvgIpc) is 3.20. The Morgan fingerprint density at radius 3 is 2.67 bits per heavy atom. The quantitative estimate of drug-likeness (QED) is 0.572. The van der Waals surface area contributed by atoms with Gasteiger partial charge in [-0.15, -0.1) is 0 Å². The molecule has 0 bridgehead atoms. The summed E-state index contributed by atoms with van der Waals surface area (Å²) in [6, 6.07) is 14.1. The van der Waals surface area contributed by atoms with Gasteiger partial charge >= 0.3 is 0 Å². The van der Waals surface area contributed by atoms with Crippen LogP contribution in [-0.4, -0.2) is 35.9 Å². The average molecular weight is 398 g/mol. The molecule has 30 heavy (non-hydrogen) atoms. The number of nitrogens with zero attached hydrogens (tertiary/aromatic N) is 5. The fourth-order valence-electron chi connectivity index (χ4n) is 3.92. The normalized spacial score (nSPS) is 13.9. The monoisotopic (exact) mass is 398 g/mol. The van der Waals surface area contributed by atoms with Gasteiger partial charge in [0.25, 0.3) is 5.56 Å². The summed E-state index contributed by atoms with van der Waals surface area (Å²) in [6.45, 7) is 4.30. The summed E-state index contributed by atoms with van der Waals surface area (Å²) in [5.41, 5.74) is 4.59. The zero-order valence-electron chi connectivity index (χ0n) is 16.7. The molecule has 4 heterocycles. The van der Waals surface area contributed by atoms with Crippen molar-refractivity contribution in [2.24, 2.45) is 0 Å². The fraction of sp³-hybridized carbons (Fsp3) is 0.217. The number of pyridine rings is 1. The molecule has 1 aliphatic heterocycles. The predicted octanol–water partition coefficient (Wildman–Crippen LogP) is 2.88. The van der Waals surface area contributed by atoms with Gasteiger partial charge in [0.2, 0.25) is 0 Å². The van der Waals surface area contributed by atoms with Crippen LogP contribution in [-0.2, 0) is 19.5 Å². The number of aromatic nitrogens is 5. The smallest absolute Gasteiger partial charge is 0.254 e. The van der Waals surface area contributed by atoms with E-state index in [0.717, 1.165) is 35.9 Å². The Morgan fingerprint density at radius 2 is 1.93 bits per heavy atom. The van der Waals surface area contributed by atoms with Crippen molar-refractivity contribution in [1.82, 2.24) is 29.4 Å². The molecule has 1 aliphatic rings. The number of benzene rings is 1. The Bertz CT molecular complexity index is 1230. The van der Waals surface area contributed by atoms with Crippen LogP contribution in [0, 0.1) is 6.92 Å². The molecule has 4 aromatic rings. The highest BCUT2D eigenvalue weighted by molar-refractivity contribution is 5.49. The molecule has 3 aromatic heterocycles. The van der Waals surface area contributed by atoms with Gasteiger partial charge in [-0.3, -0.25) is 14.7 Å². The minimum atomic E-state index is -0.0552. The van der Waals surface area contributed by atoms with Crippen molar-refractivity contribution in [3.05, 3.63) is 94.1 Å². The van der Waals surface area contributed by atoms with Crippen molar-refractivity contribution in [2.75, 3.05) is 6.54 Å². The van der Waals surface area contributed by atoms with E-state index in [0.29, 0.717) is 24.5 Å². The molecule has 7 heteroatoms. The second kappa shape index (κ2) is 7.68. The maximum absolute atomic E-state index is 12.6. The molecule has 5 rings (SSSR count). The molecular weight excluding hydrogens is 376 g/mol. The van der Waals surface area contributed by atoms with Crippen molar-refractivity contribution in [3.8, 4) is 17.2 Å². The number of imidazole rings is 1. The van der Waals surface area contributed by atoms with Gasteiger partial charge < -0.3 is 9.55 Å². The lowest BCUT2D eigenvalue weighted by Gasteiger charge is -2.27. The van der Waals surface area contributed by atoms with Gasteiger partial charge in [-0.2, -0.15) is 0 Å². The summed E-state index contributed by atoms with van der Waals surface area (Å²) in [5.74, 6) is 1.50. The molecule has 0 aliphatic carbocycles. The molecule has 7 nitrogen and oxygen atoms in total. The number of aromatic amines is 1. The summed E-state index contributed by atoms with van der Waals surface area (Å²) in [5, 5.41) is 0. The lowest BCUT2D eigenvalue weighted by Crippen LogP contribution is -2.35. The molecule has 0 fully saturated rings. The predicted molar refractivity (Wildman–Crippen MR) is 114 cm³/mol. The van der Waals surface area contributed by atoms with Crippen molar-refractivity contribution in [3.63, 3.8) is 0 Å². The van der Waals surface area contributed by atoms with Gasteiger partial charge in [-0.1, -0.05) is 18.2 Å². The Kier molecular flexibility index (Phi) is 4.72. The van der Waals surface area contributed by atoms with Crippen LogP contribution in [0.15, 0.2) is 65.8 Å². The molecular formula is C23H22N6O. The van der Waals surface area contributed by atoms with E-state index >= 15 is 0 Å². The Labute approximate surface area is 174 Å². The number of nitrogens with one attached hydrogen (secondary N) is 1. The van der Waals surface area contributed by atoms with Crippen molar-refractivity contribution in [1.29, 1.82) is 0 Å². The third kappa shape index (κ3) is 3.55. The van der Waals surface area contributed by atoms with Crippen LogP contribution in [0.5, 0.6) is 0 Å². The van der Waals surface area contributed by atoms with Crippen molar-refractivity contribution < 1.29 is 0 Å². The molecule has 0 amide bonds. The highest BCUT2D eigenvalue weighted by Crippen LogP contribution is 2.20. The second-order valence-corrected chi connectivity index (χ2v) is 7.53. The standard InChI is InChI=1S/C23H22N6O/c1-16-24-11-13-29(16)18-7-5-17(6-8-18)14-28-12-9-19-21(15-28)26-22(27-23(19)30)20-4-2-3-10-25-20/h2-8,10-11,13H,9,12,14-15H2,1H3,(H,26,27,30). The first-order valence-corrected chi connectivity index (χ1v) is 10.0.